The quantitative estimate of drug-likeness (QED) is 0.748. The molecule has 2 aromatic carbocycles. The fourth-order valence-electron chi connectivity index (χ4n) is 2.25. The Morgan fingerprint density at radius 2 is 1.78 bits per heavy atom. The molecule has 120 valence electrons. The van der Waals surface area contributed by atoms with Gasteiger partial charge in [0.1, 0.15) is 0 Å². The second kappa shape index (κ2) is 6.02. The van der Waals surface area contributed by atoms with Gasteiger partial charge in [0.05, 0.1) is 11.3 Å². The van der Waals surface area contributed by atoms with Crippen molar-refractivity contribution in [2.75, 3.05) is 0 Å². The Kier molecular flexibility index (Phi) is 4.06. The van der Waals surface area contributed by atoms with Crippen molar-refractivity contribution in [1.82, 2.24) is 9.71 Å². The van der Waals surface area contributed by atoms with Crippen LogP contribution in [0.15, 0.2) is 51.7 Å². The smallest absolute Gasteiger partial charge is 0.408 e. The van der Waals surface area contributed by atoms with Gasteiger partial charge in [-0.3, -0.25) is 4.98 Å². The number of rotatable bonds is 5. The molecule has 23 heavy (non-hydrogen) atoms. The van der Waals surface area contributed by atoms with Crippen LogP contribution in [-0.4, -0.2) is 13.4 Å². The number of hydrogen-bond acceptors (Lipinski definition) is 4. The summed E-state index contributed by atoms with van der Waals surface area (Å²) in [4.78, 5) is 13.6. The summed E-state index contributed by atoms with van der Waals surface area (Å²) in [6, 6.07) is 12.4. The van der Waals surface area contributed by atoms with Crippen molar-refractivity contribution in [1.29, 1.82) is 0 Å². The van der Waals surface area contributed by atoms with E-state index in [0.29, 0.717) is 16.7 Å². The Hall–Kier alpha value is -2.38. The molecular formula is C16H16N2O4S. The van der Waals surface area contributed by atoms with Crippen molar-refractivity contribution >= 4 is 21.1 Å². The van der Waals surface area contributed by atoms with E-state index in [0.717, 1.165) is 11.1 Å². The zero-order valence-electron chi connectivity index (χ0n) is 12.5. The Labute approximate surface area is 133 Å². The monoisotopic (exact) mass is 332 g/mol. The van der Waals surface area contributed by atoms with Gasteiger partial charge in [-0.25, -0.2) is 17.9 Å². The molecule has 7 heteroatoms. The molecule has 0 saturated carbocycles. The van der Waals surface area contributed by atoms with E-state index in [1.807, 2.05) is 19.1 Å². The minimum Gasteiger partial charge on any atom is -0.408 e. The van der Waals surface area contributed by atoms with Gasteiger partial charge in [-0.2, -0.15) is 0 Å². The molecule has 1 heterocycles. The van der Waals surface area contributed by atoms with Gasteiger partial charge in [-0.15, -0.1) is 0 Å². The van der Waals surface area contributed by atoms with Gasteiger partial charge in [0.15, 0.2) is 5.58 Å². The molecule has 0 saturated heterocycles. The third-order valence-corrected chi connectivity index (χ3v) is 4.76. The Balaban J connectivity index is 1.69. The first kappa shape index (κ1) is 15.5. The highest BCUT2D eigenvalue weighted by molar-refractivity contribution is 7.88. The fourth-order valence-corrected chi connectivity index (χ4v) is 3.37. The third-order valence-electron chi connectivity index (χ3n) is 3.46. The van der Waals surface area contributed by atoms with Crippen molar-refractivity contribution in [3.05, 3.63) is 69.7 Å². The van der Waals surface area contributed by atoms with Crippen LogP contribution in [-0.2, 0) is 22.3 Å². The van der Waals surface area contributed by atoms with E-state index in [9.17, 15) is 13.2 Å². The first-order chi connectivity index (χ1) is 10.9. The molecule has 0 aliphatic rings. The fraction of sp³-hybridized carbons (Fsp3) is 0.188. The minimum absolute atomic E-state index is 0.0746. The van der Waals surface area contributed by atoms with Crippen molar-refractivity contribution in [3.8, 4) is 0 Å². The Bertz CT molecular complexity index is 985. The average Bonchev–Trinajstić information content (AvgIpc) is 2.87. The Morgan fingerprint density at radius 3 is 2.52 bits per heavy atom. The molecule has 0 aliphatic heterocycles. The predicted molar refractivity (Wildman–Crippen MR) is 87.5 cm³/mol. The van der Waals surface area contributed by atoms with Crippen LogP contribution in [0.25, 0.3) is 11.1 Å². The molecule has 0 unspecified atom stereocenters. The summed E-state index contributed by atoms with van der Waals surface area (Å²) in [5, 5.41) is 0. The van der Waals surface area contributed by atoms with Crippen LogP contribution in [0.2, 0.25) is 0 Å². The molecule has 0 fully saturated rings. The maximum Gasteiger partial charge on any atom is 0.417 e. The lowest BCUT2D eigenvalue weighted by Gasteiger charge is -2.07. The van der Waals surface area contributed by atoms with E-state index >= 15 is 0 Å². The van der Waals surface area contributed by atoms with Crippen LogP contribution < -0.4 is 10.5 Å². The van der Waals surface area contributed by atoms with Crippen molar-refractivity contribution in [2.45, 2.75) is 19.2 Å². The van der Waals surface area contributed by atoms with Gasteiger partial charge < -0.3 is 4.42 Å². The zero-order valence-corrected chi connectivity index (χ0v) is 13.3. The molecule has 0 radical (unpaired) electrons. The van der Waals surface area contributed by atoms with E-state index in [2.05, 4.69) is 9.71 Å². The highest BCUT2D eigenvalue weighted by Crippen LogP contribution is 2.13. The molecule has 0 spiro atoms. The van der Waals surface area contributed by atoms with E-state index < -0.39 is 15.8 Å². The van der Waals surface area contributed by atoms with E-state index in [1.54, 1.807) is 30.3 Å². The lowest BCUT2D eigenvalue weighted by Crippen LogP contribution is -2.24. The molecule has 6 nitrogen and oxygen atoms in total. The largest absolute Gasteiger partial charge is 0.417 e. The van der Waals surface area contributed by atoms with Gasteiger partial charge in [0.25, 0.3) is 0 Å². The van der Waals surface area contributed by atoms with Gasteiger partial charge >= 0.3 is 5.76 Å². The van der Waals surface area contributed by atoms with Crippen molar-refractivity contribution < 1.29 is 12.8 Å². The number of nitrogens with one attached hydrogen (secondary N) is 2. The number of oxazole rings is 1. The normalized spacial score (nSPS) is 11.9. The summed E-state index contributed by atoms with van der Waals surface area (Å²) in [6.45, 7) is 2.09. The zero-order chi connectivity index (χ0) is 16.4. The summed E-state index contributed by atoms with van der Waals surface area (Å²) in [5.74, 6) is -0.605. The number of aryl methyl sites for hydroxylation is 1. The van der Waals surface area contributed by atoms with Crippen LogP contribution in [0.1, 0.15) is 16.7 Å². The van der Waals surface area contributed by atoms with E-state index in [1.165, 1.54) is 0 Å². The second-order valence-electron chi connectivity index (χ2n) is 5.41. The maximum atomic E-state index is 12.1. The maximum absolute atomic E-state index is 12.1. The second-order valence-corrected chi connectivity index (χ2v) is 7.22. The van der Waals surface area contributed by atoms with Crippen LogP contribution in [0, 0.1) is 6.92 Å². The van der Waals surface area contributed by atoms with Crippen LogP contribution in [0.5, 0.6) is 0 Å². The number of H-pyrrole nitrogens is 1. The standard InChI is InChI=1S/C16H16N2O4S/c1-11-2-4-12(5-3-11)10-23(20,21)17-9-13-6-7-14-15(8-13)22-16(19)18-14/h2-8,17H,9-10H2,1H3,(H,18,19). The molecule has 2 N–H and O–H groups in total. The van der Waals surface area contributed by atoms with Crippen LogP contribution >= 0.6 is 0 Å². The Morgan fingerprint density at radius 1 is 1.09 bits per heavy atom. The SMILES string of the molecule is Cc1ccc(CS(=O)(=O)NCc2ccc3[nH]c(=O)oc3c2)cc1. The van der Waals surface area contributed by atoms with Gasteiger partial charge in [-0.1, -0.05) is 35.9 Å². The lowest BCUT2D eigenvalue weighted by molar-refractivity contribution is 0.554. The number of aromatic nitrogens is 1. The summed E-state index contributed by atoms with van der Waals surface area (Å²) >= 11 is 0. The molecule has 0 bridgehead atoms. The van der Waals surface area contributed by atoms with Crippen molar-refractivity contribution in [2.24, 2.45) is 0 Å². The molecule has 3 rings (SSSR count). The number of aromatic amines is 1. The van der Waals surface area contributed by atoms with Crippen LogP contribution in [0.3, 0.4) is 0 Å². The summed E-state index contributed by atoms with van der Waals surface area (Å²) in [7, 11) is -3.44. The first-order valence-electron chi connectivity index (χ1n) is 7.06. The summed E-state index contributed by atoms with van der Waals surface area (Å²) in [5.41, 5.74) is 3.52. The third kappa shape index (κ3) is 3.88. The van der Waals surface area contributed by atoms with Crippen LogP contribution in [0.4, 0.5) is 0 Å². The van der Waals surface area contributed by atoms with E-state index in [-0.39, 0.29) is 12.3 Å². The lowest BCUT2D eigenvalue weighted by atomic mass is 10.2. The molecule has 0 atom stereocenters. The highest BCUT2D eigenvalue weighted by Gasteiger charge is 2.12. The molecule has 0 amide bonds. The molecule has 1 aromatic heterocycles. The molecule has 3 aromatic rings. The summed E-state index contributed by atoms with van der Waals surface area (Å²) in [6.07, 6.45) is 0. The molecular weight excluding hydrogens is 316 g/mol. The summed E-state index contributed by atoms with van der Waals surface area (Å²) < 4.78 is 31.8. The predicted octanol–water partition coefficient (Wildman–Crippen LogP) is 2.05. The number of hydrogen-bond donors (Lipinski definition) is 2. The van der Waals surface area contributed by atoms with Gasteiger partial charge in [0.2, 0.25) is 10.0 Å². The minimum atomic E-state index is -3.44. The molecule has 0 aliphatic carbocycles. The topological polar surface area (TPSA) is 92.2 Å². The number of sulfonamides is 1. The first-order valence-corrected chi connectivity index (χ1v) is 8.71. The number of fused-ring (bicyclic) bond motifs is 1. The average molecular weight is 332 g/mol. The van der Waals surface area contributed by atoms with Crippen molar-refractivity contribution in [3.63, 3.8) is 0 Å². The number of benzene rings is 2. The van der Waals surface area contributed by atoms with Gasteiger partial charge in [-0.05, 0) is 30.2 Å². The van der Waals surface area contributed by atoms with E-state index in [4.69, 9.17) is 4.42 Å². The highest BCUT2D eigenvalue weighted by atomic mass is 32.2. The van der Waals surface area contributed by atoms with Gasteiger partial charge in [0, 0.05) is 6.54 Å².